The summed E-state index contributed by atoms with van der Waals surface area (Å²) in [7, 11) is 1.47. The van der Waals surface area contributed by atoms with Gasteiger partial charge >= 0.3 is 6.18 Å². The van der Waals surface area contributed by atoms with Crippen LogP contribution in [0.5, 0.6) is 0 Å². The van der Waals surface area contributed by atoms with Gasteiger partial charge in [-0.2, -0.15) is 18.2 Å². The molecule has 5 nitrogen and oxygen atoms in total. The zero-order valence-electron chi connectivity index (χ0n) is 10.5. The summed E-state index contributed by atoms with van der Waals surface area (Å²) in [6.45, 7) is 0.182. The minimum atomic E-state index is -4.43. The van der Waals surface area contributed by atoms with Gasteiger partial charge in [0.25, 0.3) is 5.89 Å². The zero-order valence-corrected chi connectivity index (χ0v) is 10.5. The van der Waals surface area contributed by atoms with Crippen LogP contribution in [0.3, 0.4) is 0 Å². The Morgan fingerprint density at radius 1 is 1.40 bits per heavy atom. The Morgan fingerprint density at radius 3 is 2.80 bits per heavy atom. The highest BCUT2D eigenvalue weighted by molar-refractivity contribution is 5.54. The van der Waals surface area contributed by atoms with E-state index in [0.29, 0.717) is 0 Å². The molecule has 1 unspecified atom stereocenters. The fourth-order valence-electron chi connectivity index (χ4n) is 1.59. The molecule has 0 bridgehead atoms. The van der Waals surface area contributed by atoms with E-state index in [4.69, 9.17) is 15.0 Å². The summed E-state index contributed by atoms with van der Waals surface area (Å²) in [5.41, 5.74) is 5.11. The largest absolute Gasteiger partial charge is 0.416 e. The van der Waals surface area contributed by atoms with E-state index in [1.807, 2.05) is 0 Å². The molecule has 108 valence electrons. The van der Waals surface area contributed by atoms with E-state index in [2.05, 4.69) is 10.1 Å². The third-order valence-electron chi connectivity index (χ3n) is 2.56. The second-order valence-corrected chi connectivity index (χ2v) is 4.10. The van der Waals surface area contributed by atoms with Gasteiger partial charge in [0, 0.05) is 12.7 Å². The lowest BCUT2D eigenvalue weighted by atomic mass is 10.1. The van der Waals surface area contributed by atoms with E-state index < -0.39 is 17.8 Å². The third kappa shape index (κ3) is 3.14. The Hall–Kier alpha value is -1.93. The van der Waals surface area contributed by atoms with Crippen LogP contribution >= 0.6 is 0 Å². The molecule has 20 heavy (non-hydrogen) atoms. The summed E-state index contributed by atoms with van der Waals surface area (Å²) in [4.78, 5) is 3.97. The third-order valence-corrected chi connectivity index (χ3v) is 2.56. The van der Waals surface area contributed by atoms with E-state index in [-0.39, 0.29) is 23.9 Å². The summed E-state index contributed by atoms with van der Waals surface area (Å²) in [5, 5.41) is 3.63. The first kappa shape index (κ1) is 14.5. The first-order valence-corrected chi connectivity index (χ1v) is 5.67. The molecule has 0 aliphatic heterocycles. The highest BCUT2D eigenvalue weighted by atomic mass is 19.4. The van der Waals surface area contributed by atoms with Crippen molar-refractivity contribution in [2.24, 2.45) is 5.73 Å². The van der Waals surface area contributed by atoms with Gasteiger partial charge in [-0.3, -0.25) is 0 Å². The normalized spacial score (nSPS) is 13.4. The zero-order chi connectivity index (χ0) is 14.8. The fourth-order valence-corrected chi connectivity index (χ4v) is 1.59. The SMILES string of the molecule is COCC(N)c1noc(-c2cccc(C(F)(F)F)c2)n1. The van der Waals surface area contributed by atoms with Crippen LogP contribution in [0.15, 0.2) is 28.8 Å². The van der Waals surface area contributed by atoms with Crippen LogP contribution in [0, 0.1) is 0 Å². The van der Waals surface area contributed by atoms with Crippen LogP contribution in [-0.4, -0.2) is 23.9 Å². The first-order chi connectivity index (χ1) is 9.41. The van der Waals surface area contributed by atoms with Crippen molar-refractivity contribution in [3.05, 3.63) is 35.7 Å². The number of aromatic nitrogens is 2. The molecule has 0 saturated carbocycles. The average Bonchev–Trinajstić information content (AvgIpc) is 2.88. The summed E-state index contributed by atoms with van der Waals surface area (Å²) >= 11 is 0. The van der Waals surface area contributed by atoms with Crippen molar-refractivity contribution in [1.82, 2.24) is 10.1 Å². The van der Waals surface area contributed by atoms with Crippen molar-refractivity contribution in [3.63, 3.8) is 0 Å². The lowest BCUT2D eigenvalue weighted by molar-refractivity contribution is -0.137. The lowest BCUT2D eigenvalue weighted by Crippen LogP contribution is -2.17. The molecular weight excluding hydrogens is 275 g/mol. The molecule has 2 N–H and O–H groups in total. The summed E-state index contributed by atoms with van der Waals surface area (Å²) in [6.07, 6.45) is -4.43. The predicted octanol–water partition coefficient (Wildman–Crippen LogP) is 2.40. The number of halogens is 3. The Bertz CT molecular complexity index is 583. The lowest BCUT2D eigenvalue weighted by Gasteiger charge is -2.06. The van der Waals surface area contributed by atoms with Gasteiger partial charge in [-0.25, -0.2) is 0 Å². The van der Waals surface area contributed by atoms with E-state index >= 15 is 0 Å². The molecule has 2 rings (SSSR count). The molecule has 1 aromatic carbocycles. The molecule has 1 atom stereocenters. The van der Waals surface area contributed by atoms with E-state index in [0.717, 1.165) is 12.1 Å². The van der Waals surface area contributed by atoms with Crippen molar-refractivity contribution >= 4 is 0 Å². The van der Waals surface area contributed by atoms with Crippen LogP contribution < -0.4 is 5.73 Å². The average molecular weight is 287 g/mol. The van der Waals surface area contributed by atoms with Gasteiger partial charge in [0.2, 0.25) is 0 Å². The van der Waals surface area contributed by atoms with E-state index in [9.17, 15) is 13.2 Å². The Labute approximate surface area is 112 Å². The van der Waals surface area contributed by atoms with Crippen LogP contribution in [0.1, 0.15) is 17.4 Å². The number of nitrogens with two attached hydrogens (primary N) is 1. The van der Waals surface area contributed by atoms with Gasteiger partial charge in [-0.1, -0.05) is 11.2 Å². The number of rotatable bonds is 4. The molecule has 0 aliphatic rings. The molecule has 0 aliphatic carbocycles. The molecule has 0 saturated heterocycles. The van der Waals surface area contributed by atoms with Crippen molar-refractivity contribution in [3.8, 4) is 11.5 Å². The highest BCUT2D eigenvalue weighted by Crippen LogP contribution is 2.31. The maximum Gasteiger partial charge on any atom is 0.416 e. The predicted molar refractivity (Wildman–Crippen MR) is 63.5 cm³/mol. The molecule has 8 heteroatoms. The maximum absolute atomic E-state index is 12.6. The topological polar surface area (TPSA) is 74.2 Å². The summed E-state index contributed by atoms with van der Waals surface area (Å²) < 4.78 is 47.6. The monoisotopic (exact) mass is 287 g/mol. The van der Waals surface area contributed by atoms with E-state index in [1.165, 1.54) is 19.2 Å². The van der Waals surface area contributed by atoms with Crippen LogP contribution in [0.2, 0.25) is 0 Å². The Morgan fingerprint density at radius 2 is 2.15 bits per heavy atom. The minimum absolute atomic E-state index is 0.0161. The summed E-state index contributed by atoms with van der Waals surface area (Å²) in [5.74, 6) is 0.164. The second kappa shape index (κ2) is 5.59. The molecule has 0 fully saturated rings. The number of alkyl halides is 3. The maximum atomic E-state index is 12.6. The van der Waals surface area contributed by atoms with Crippen LogP contribution in [0.4, 0.5) is 13.2 Å². The quantitative estimate of drug-likeness (QED) is 0.934. The van der Waals surface area contributed by atoms with Gasteiger partial charge in [-0.15, -0.1) is 0 Å². The standard InChI is InChI=1S/C12H12F3N3O2/c1-19-6-9(16)10-17-11(20-18-10)7-3-2-4-8(5-7)12(13,14)15/h2-5,9H,6,16H2,1H3. The minimum Gasteiger partial charge on any atom is -0.383 e. The Kier molecular flexibility index (Phi) is 4.05. The molecule has 1 aromatic heterocycles. The second-order valence-electron chi connectivity index (χ2n) is 4.10. The van der Waals surface area contributed by atoms with Crippen molar-refractivity contribution in [2.75, 3.05) is 13.7 Å². The van der Waals surface area contributed by atoms with Crippen LogP contribution in [0.25, 0.3) is 11.5 Å². The molecule has 0 amide bonds. The highest BCUT2D eigenvalue weighted by Gasteiger charge is 2.31. The number of hydrogen-bond donors (Lipinski definition) is 1. The molecular formula is C12H12F3N3O2. The van der Waals surface area contributed by atoms with Gasteiger partial charge in [0.05, 0.1) is 18.2 Å². The number of hydrogen-bond acceptors (Lipinski definition) is 5. The van der Waals surface area contributed by atoms with Gasteiger partial charge in [0.15, 0.2) is 5.82 Å². The smallest absolute Gasteiger partial charge is 0.383 e. The molecule has 2 aromatic rings. The molecule has 0 radical (unpaired) electrons. The first-order valence-electron chi connectivity index (χ1n) is 5.67. The van der Waals surface area contributed by atoms with Gasteiger partial charge in [-0.05, 0) is 18.2 Å². The number of nitrogens with zero attached hydrogens (tertiary/aromatic N) is 2. The van der Waals surface area contributed by atoms with Gasteiger partial charge < -0.3 is 15.0 Å². The number of benzene rings is 1. The molecule has 0 spiro atoms. The molecule has 1 heterocycles. The number of methoxy groups -OCH3 is 1. The number of ether oxygens (including phenoxy) is 1. The van der Waals surface area contributed by atoms with Crippen LogP contribution in [-0.2, 0) is 10.9 Å². The van der Waals surface area contributed by atoms with Crippen molar-refractivity contribution < 1.29 is 22.4 Å². The summed E-state index contributed by atoms with van der Waals surface area (Å²) in [6, 6.07) is 4.05. The van der Waals surface area contributed by atoms with Crippen molar-refractivity contribution in [2.45, 2.75) is 12.2 Å². The van der Waals surface area contributed by atoms with Crippen molar-refractivity contribution in [1.29, 1.82) is 0 Å². The van der Waals surface area contributed by atoms with E-state index in [1.54, 1.807) is 0 Å². The van der Waals surface area contributed by atoms with Gasteiger partial charge in [0.1, 0.15) is 0 Å². The fraction of sp³-hybridized carbons (Fsp3) is 0.333. The Balaban J connectivity index is 2.28.